The number of urea groups is 1. The van der Waals surface area contributed by atoms with Gasteiger partial charge < -0.3 is 14.7 Å². The molecule has 2 aliphatic rings. The minimum Gasteiger partial charge on any atom is -0.331 e. The second-order valence-corrected chi connectivity index (χ2v) is 5.99. The molecule has 1 aromatic rings. The molecule has 0 N–H and O–H groups in total. The fraction of sp³-hybridized carbons (Fsp3) is 0.714. The van der Waals surface area contributed by atoms with Crippen LogP contribution in [0.1, 0.15) is 24.6 Å². The Hall–Kier alpha value is -1.56. The van der Waals surface area contributed by atoms with Gasteiger partial charge in [-0.25, -0.2) is 4.79 Å². The second-order valence-electron chi connectivity index (χ2n) is 5.99. The number of fused-ring (bicyclic) bond motifs is 1. The fourth-order valence-electron chi connectivity index (χ4n) is 3.21. The molecule has 6 heteroatoms. The lowest BCUT2D eigenvalue weighted by Crippen LogP contribution is -2.48. The van der Waals surface area contributed by atoms with Crippen molar-refractivity contribution in [2.24, 2.45) is 0 Å². The molecule has 20 heavy (non-hydrogen) atoms. The van der Waals surface area contributed by atoms with E-state index < -0.39 is 0 Å². The van der Waals surface area contributed by atoms with E-state index in [1.165, 1.54) is 25.9 Å². The number of rotatable bonds is 2. The van der Waals surface area contributed by atoms with Crippen molar-refractivity contribution in [2.45, 2.75) is 25.4 Å². The number of hydrogen-bond donors (Lipinski definition) is 0. The van der Waals surface area contributed by atoms with Crippen LogP contribution >= 0.6 is 0 Å². The van der Waals surface area contributed by atoms with Crippen LogP contribution in [0.25, 0.3) is 0 Å². The first-order valence-corrected chi connectivity index (χ1v) is 7.36. The van der Waals surface area contributed by atoms with Crippen molar-refractivity contribution in [3.05, 3.63) is 18.0 Å². The maximum absolute atomic E-state index is 12.2. The Kier molecular flexibility index (Phi) is 3.65. The number of likely N-dealkylation sites (tertiary alicyclic amines) is 1. The van der Waals surface area contributed by atoms with E-state index in [9.17, 15) is 4.79 Å². The molecule has 2 amide bonds. The van der Waals surface area contributed by atoms with Gasteiger partial charge in [0.15, 0.2) is 0 Å². The molecule has 0 radical (unpaired) electrons. The van der Waals surface area contributed by atoms with Gasteiger partial charge in [0.1, 0.15) is 0 Å². The third-order valence-electron chi connectivity index (χ3n) is 4.20. The summed E-state index contributed by atoms with van der Waals surface area (Å²) in [4.78, 5) is 18.3. The van der Waals surface area contributed by atoms with E-state index in [-0.39, 0.29) is 12.1 Å². The molecule has 2 aliphatic heterocycles. The minimum atomic E-state index is 0.0869. The molecular weight excluding hydrogens is 254 g/mol. The summed E-state index contributed by atoms with van der Waals surface area (Å²) < 4.78 is 2.11. The molecule has 0 spiro atoms. The van der Waals surface area contributed by atoms with Crippen molar-refractivity contribution in [1.82, 2.24) is 24.5 Å². The summed E-state index contributed by atoms with van der Waals surface area (Å²) in [5.41, 5.74) is 1.13. The highest BCUT2D eigenvalue weighted by Gasteiger charge is 2.30. The summed E-state index contributed by atoms with van der Waals surface area (Å²) in [7, 11) is 3.62. The Morgan fingerprint density at radius 2 is 2.15 bits per heavy atom. The molecule has 0 saturated carbocycles. The van der Waals surface area contributed by atoms with E-state index in [1.54, 1.807) is 4.90 Å². The molecule has 0 aromatic carbocycles. The summed E-state index contributed by atoms with van der Waals surface area (Å²) >= 11 is 0. The monoisotopic (exact) mass is 277 g/mol. The Balaban J connectivity index is 1.76. The van der Waals surface area contributed by atoms with Gasteiger partial charge in [0.2, 0.25) is 0 Å². The fourth-order valence-corrected chi connectivity index (χ4v) is 3.21. The lowest BCUT2D eigenvalue weighted by molar-refractivity contribution is 0.130. The maximum Gasteiger partial charge on any atom is 0.319 e. The van der Waals surface area contributed by atoms with Crippen molar-refractivity contribution < 1.29 is 4.79 Å². The van der Waals surface area contributed by atoms with Crippen molar-refractivity contribution in [2.75, 3.05) is 40.3 Å². The quantitative estimate of drug-likeness (QED) is 0.810. The highest BCUT2D eigenvalue weighted by atomic mass is 16.2. The van der Waals surface area contributed by atoms with Crippen molar-refractivity contribution >= 4 is 6.03 Å². The smallest absolute Gasteiger partial charge is 0.319 e. The van der Waals surface area contributed by atoms with Crippen molar-refractivity contribution in [3.8, 4) is 0 Å². The minimum absolute atomic E-state index is 0.0869. The van der Waals surface area contributed by atoms with Crippen LogP contribution in [0.4, 0.5) is 4.79 Å². The molecule has 0 bridgehead atoms. The van der Waals surface area contributed by atoms with Crippen LogP contribution in [0.2, 0.25) is 0 Å². The zero-order chi connectivity index (χ0) is 14.1. The van der Waals surface area contributed by atoms with Crippen LogP contribution in [0, 0.1) is 0 Å². The summed E-state index contributed by atoms with van der Waals surface area (Å²) in [5.74, 6) is 0. The number of nitrogens with zero attached hydrogens (tertiary/aromatic N) is 5. The lowest BCUT2D eigenvalue weighted by Gasteiger charge is -2.36. The topological polar surface area (TPSA) is 44.6 Å². The molecule has 3 rings (SSSR count). The van der Waals surface area contributed by atoms with Gasteiger partial charge in [-0.2, -0.15) is 5.10 Å². The number of aromatic nitrogens is 2. The third-order valence-corrected chi connectivity index (χ3v) is 4.20. The van der Waals surface area contributed by atoms with Gasteiger partial charge in [0.05, 0.1) is 18.3 Å². The van der Waals surface area contributed by atoms with Gasteiger partial charge in [-0.1, -0.05) is 0 Å². The van der Waals surface area contributed by atoms with Gasteiger partial charge in [0.25, 0.3) is 0 Å². The van der Waals surface area contributed by atoms with E-state index in [2.05, 4.69) is 14.7 Å². The number of hydrogen-bond acceptors (Lipinski definition) is 3. The van der Waals surface area contributed by atoms with Gasteiger partial charge in [-0.05, 0) is 32.0 Å². The van der Waals surface area contributed by atoms with E-state index in [1.807, 2.05) is 31.3 Å². The van der Waals surface area contributed by atoms with Crippen LogP contribution in [0.5, 0.6) is 0 Å². The zero-order valence-electron chi connectivity index (χ0n) is 12.3. The van der Waals surface area contributed by atoms with Crippen LogP contribution in [0.15, 0.2) is 12.3 Å². The summed E-state index contributed by atoms with van der Waals surface area (Å²) in [6.07, 6.45) is 4.42. The molecule has 110 valence electrons. The van der Waals surface area contributed by atoms with Crippen molar-refractivity contribution in [3.63, 3.8) is 0 Å². The molecule has 0 aliphatic carbocycles. The predicted molar refractivity (Wildman–Crippen MR) is 76.4 cm³/mol. The molecule has 1 fully saturated rings. The first-order valence-electron chi connectivity index (χ1n) is 7.36. The SMILES string of the molecule is CN(C)C(=O)N1Cc2ccnn2C(CN2CCCC2)C1. The van der Waals surface area contributed by atoms with Crippen LogP contribution in [-0.2, 0) is 6.54 Å². The first-order chi connectivity index (χ1) is 9.65. The van der Waals surface area contributed by atoms with Gasteiger partial charge in [0, 0.05) is 33.4 Å². The first kappa shape index (κ1) is 13.4. The van der Waals surface area contributed by atoms with E-state index in [4.69, 9.17) is 0 Å². The third kappa shape index (κ3) is 2.52. The molecule has 6 nitrogen and oxygen atoms in total. The number of carbonyl (C=O) groups excluding carboxylic acids is 1. The van der Waals surface area contributed by atoms with Gasteiger partial charge in [-0.15, -0.1) is 0 Å². The van der Waals surface area contributed by atoms with Gasteiger partial charge >= 0.3 is 6.03 Å². The molecule has 1 atom stereocenters. The number of carbonyl (C=O) groups is 1. The van der Waals surface area contributed by atoms with Crippen LogP contribution < -0.4 is 0 Å². The van der Waals surface area contributed by atoms with Gasteiger partial charge in [-0.3, -0.25) is 4.68 Å². The predicted octanol–water partition coefficient (Wildman–Crippen LogP) is 1.02. The Morgan fingerprint density at radius 1 is 1.40 bits per heavy atom. The Bertz CT molecular complexity index is 478. The summed E-state index contributed by atoms with van der Waals surface area (Å²) in [6, 6.07) is 2.38. The maximum atomic E-state index is 12.2. The highest BCUT2D eigenvalue weighted by molar-refractivity contribution is 5.74. The van der Waals surface area contributed by atoms with Crippen LogP contribution in [0.3, 0.4) is 0 Å². The van der Waals surface area contributed by atoms with E-state index >= 15 is 0 Å². The number of amides is 2. The summed E-state index contributed by atoms with van der Waals surface area (Å²) in [6.45, 7) is 4.76. The highest BCUT2D eigenvalue weighted by Crippen LogP contribution is 2.23. The molecular formula is C14H23N5O. The Morgan fingerprint density at radius 3 is 2.85 bits per heavy atom. The second kappa shape index (κ2) is 5.44. The molecule has 3 heterocycles. The largest absolute Gasteiger partial charge is 0.331 e. The summed E-state index contributed by atoms with van der Waals surface area (Å²) in [5, 5.41) is 4.46. The van der Waals surface area contributed by atoms with Crippen LogP contribution in [-0.4, -0.2) is 70.8 Å². The zero-order valence-corrected chi connectivity index (χ0v) is 12.3. The molecule has 1 aromatic heterocycles. The Labute approximate surface area is 119 Å². The van der Waals surface area contributed by atoms with Crippen molar-refractivity contribution in [1.29, 1.82) is 0 Å². The standard InChI is InChI=1S/C14H23N5O/c1-16(2)14(20)18-10-12-5-6-15-19(12)13(11-18)9-17-7-3-4-8-17/h5-6,13H,3-4,7-11H2,1-2H3. The lowest BCUT2D eigenvalue weighted by atomic mass is 10.2. The normalized spacial score (nSPS) is 22.9. The average molecular weight is 277 g/mol. The molecule has 1 saturated heterocycles. The van der Waals surface area contributed by atoms with E-state index in [0.29, 0.717) is 6.54 Å². The average Bonchev–Trinajstić information content (AvgIpc) is 3.07. The molecule has 1 unspecified atom stereocenters. The van der Waals surface area contributed by atoms with E-state index in [0.717, 1.165) is 18.8 Å².